The van der Waals surface area contributed by atoms with Crippen molar-refractivity contribution in [1.82, 2.24) is 10.2 Å². The Bertz CT molecular complexity index is 1180. The molecule has 0 heterocycles. The van der Waals surface area contributed by atoms with E-state index >= 15 is 0 Å². The number of non-ortho nitro benzene ring substituents is 1. The minimum atomic E-state index is -0.712. The Morgan fingerprint density at radius 1 is 1.00 bits per heavy atom. The van der Waals surface area contributed by atoms with Crippen LogP contribution in [0.3, 0.4) is 0 Å². The van der Waals surface area contributed by atoms with Crippen LogP contribution >= 0.6 is 23.4 Å². The number of carbonyl (C=O) groups excluding carboxylic acids is 2. The molecule has 9 heteroatoms. The van der Waals surface area contributed by atoms with E-state index in [4.69, 9.17) is 11.6 Å². The second-order valence-electron chi connectivity index (χ2n) is 8.13. The summed E-state index contributed by atoms with van der Waals surface area (Å²) in [6.45, 7) is 2.50. The first-order chi connectivity index (χ1) is 17.4. The molecule has 0 radical (unpaired) electrons. The number of benzene rings is 3. The molecule has 0 aromatic heterocycles. The van der Waals surface area contributed by atoms with Crippen LogP contribution in [0.4, 0.5) is 5.69 Å². The molecule has 0 spiro atoms. The van der Waals surface area contributed by atoms with Gasteiger partial charge in [-0.05, 0) is 29.7 Å². The molecule has 1 N–H and O–H groups in total. The number of likely N-dealkylation sites (N-methyl/N-ethyl adjacent to an activating group) is 1. The fraction of sp³-hybridized carbons (Fsp3) is 0.259. The van der Waals surface area contributed by atoms with Gasteiger partial charge in [0.1, 0.15) is 6.04 Å². The predicted octanol–water partition coefficient (Wildman–Crippen LogP) is 5.26. The molecule has 0 aliphatic carbocycles. The number of hydrogen-bond donors (Lipinski definition) is 1. The third-order valence-electron chi connectivity index (χ3n) is 5.56. The molecule has 3 rings (SSSR count). The Morgan fingerprint density at radius 2 is 1.67 bits per heavy atom. The summed E-state index contributed by atoms with van der Waals surface area (Å²) in [5, 5.41) is 14.3. The van der Waals surface area contributed by atoms with Gasteiger partial charge in [-0.25, -0.2) is 0 Å². The number of nitro groups is 1. The van der Waals surface area contributed by atoms with Crippen molar-refractivity contribution in [3.8, 4) is 0 Å². The van der Waals surface area contributed by atoms with Gasteiger partial charge in [0.25, 0.3) is 5.69 Å². The first-order valence-electron chi connectivity index (χ1n) is 11.5. The standard InChI is InChI=1S/C27H28ClN3O4S/c1-2-29-27(33)25(16-20-8-4-3-5-9-20)30(17-22-10-6-7-11-24(22)28)26(32)19-36-18-21-12-14-23(15-13-21)31(34)35/h3-15,25H,2,16-19H2,1H3,(H,29,33)/t25-/m1/s1. The van der Waals surface area contributed by atoms with E-state index in [1.54, 1.807) is 23.1 Å². The summed E-state index contributed by atoms with van der Waals surface area (Å²) >= 11 is 7.80. The molecule has 36 heavy (non-hydrogen) atoms. The molecule has 0 saturated heterocycles. The second-order valence-corrected chi connectivity index (χ2v) is 9.52. The van der Waals surface area contributed by atoms with E-state index in [0.29, 0.717) is 23.7 Å². The number of rotatable bonds is 12. The first kappa shape index (κ1) is 27.2. The molecular weight excluding hydrogens is 498 g/mol. The van der Waals surface area contributed by atoms with Crippen LogP contribution in [-0.2, 0) is 28.3 Å². The van der Waals surface area contributed by atoms with Gasteiger partial charge in [0.15, 0.2) is 0 Å². The van der Waals surface area contributed by atoms with Crippen molar-refractivity contribution in [2.24, 2.45) is 0 Å². The molecule has 0 fully saturated rings. The fourth-order valence-corrected chi connectivity index (χ4v) is 4.78. The highest BCUT2D eigenvalue weighted by Gasteiger charge is 2.30. The maximum atomic E-state index is 13.5. The zero-order valence-corrected chi connectivity index (χ0v) is 21.5. The number of amides is 2. The Morgan fingerprint density at radius 3 is 2.31 bits per heavy atom. The smallest absolute Gasteiger partial charge is 0.269 e. The van der Waals surface area contributed by atoms with Gasteiger partial charge in [-0.1, -0.05) is 72.3 Å². The molecule has 188 valence electrons. The van der Waals surface area contributed by atoms with Gasteiger partial charge >= 0.3 is 0 Å². The van der Waals surface area contributed by atoms with Crippen LogP contribution < -0.4 is 5.32 Å². The van der Waals surface area contributed by atoms with E-state index in [0.717, 1.165) is 16.7 Å². The molecular formula is C27H28ClN3O4S. The van der Waals surface area contributed by atoms with Gasteiger partial charge in [-0.15, -0.1) is 11.8 Å². The highest BCUT2D eigenvalue weighted by molar-refractivity contribution is 7.99. The average Bonchev–Trinajstić information content (AvgIpc) is 2.88. The quantitative estimate of drug-likeness (QED) is 0.257. The van der Waals surface area contributed by atoms with Gasteiger partial charge in [-0.2, -0.15) is 0 Å². The molecule has 0 aliphatic rings. The molecule has 0 bridgehead atoms. The normalized spacial score (nSPS) is 11.5. The molecule has 3 aromatic carbocycles. The zero-order chi connectivity index (χ0) is 25.9. The Kier molecular flexibility index (Phi) is 10.3. The molecule has 0 aliphatic heterocycles. The van der Waals surface area contributed by atoms with E-state index in [1.807, 2.05) is 55.5 Å². The Labute approximate surface area is 220 Å². The molecule has 1 atom stereocenters. The van der Waals surface area contributed by atoms with Crippen LogP contribution in [0, 0.1) is 10.1 Å². The molecule has 0 saturated carbocycles. The maximum Gasteiger partial charge on any atom is 0.269 e. The minimum Gasteiger partial charge on any atom is -0.355 e. The maximum absolute atomic E-state index is 13.5. The van der Waals surface area contributed by atoms with Crippen LogP contribution in [0.1, 0.15) is 23.6 Å². The third kappa shape index (κ3) is 7.83. The van der Waals surface area contributed by atoms with Gasteiger partial charge < -0.3 is 10.2 Å². The summed E-state index contributed by atoms with van der Waals surface area (Å²) in [4.78, 5) is 38.7. The Balaban J connectivity index is 1.80. The van der Waals surface area contributed by atoms with Crippen LogP contribution in [0.5, 0.6) is 0 Å². The fourth-order valence-electron chi connectivity index (χ4n) is 3.71. The number of nitro benzene ring substituents is 1. The molecule has 0 unspecified atom stereocenters. The number of halogens is 1. The first-order valence-corrected chi connectivity index (χ1v) is 13.1. The average molecular weight is 526 g/mol. The number of carbonyl (C=O) groups is 2. The molecule has 3 aromatic rings. The van der Waals surface area contributed by atoms with Crippen molar-refractivity contribution < 1.29 is 14.5 Å². The van der Waals surface area contributed by atoms with E-state index < -0.39 is 11.0 Å². The van der Waals surface area contributed by atoms with Crippen molar-refractivity contribution in [3.63, 3.8) is 0 Å². The van der Waals surface area contributed by atoms with Crippen molar-refractivity contribution in [2.45, 2.75) is 31.7 Å². The zero-order valence-electron chi connectivity index (χ0n) is 19.9. The van der Waals surface area contributed by atoms with Gasteiger partial charge in [0.2, 0.25) is 11.8 Å². The molecule has 2 amide bonds. The van der Waals surface area contributed by atoms with E-state index in [-0.39, 0.29) is 29.8 Å². The number of thioether (sulfide) groups is 1. The van der Waals surface area contributed by atoms with Crippen molar-refractivity contribution >= 4 is 40.9 Å². The summed E-state index contributed by atoms with van der Waals surface area (Å²) in [6.07, 6.45) is 0.371. The van der Waals surface area contributed by atoms with Crippen LogP contribution in [-0.4, -0.2) is 40.0 Å². The van der Waals surface area contributed by atoms with Gasteiger partial charge in [0, 0.05) is 42.4 Å². The SMILES string of the molecule is CCNC(=O)[C@@H](Cc1ccccc1)N(Cc1ccccc1Cl)C(=O)CSCc1ccc([N+](=O)[O-])cc1. The highest BCUT2D eigenvalue weighted by atomic mass is 35.5. The summed E-state index contributed by atoms with van der Waals surface area (Å²) in [5.41, 5.74) is 2.61. The van der Waals surface area contributed by atoms with E-state index in [2.05, 4.69) is 5.32 Å². The second kappa shape index (κ2) is 13.7. The van der Waals surface area contributed by atoms with E-state index in [1.165, 1.54) is 23.9 Å². The minimum absolute atomic E-state index is 0.0245. The lowest BCUT2D eigenvalue weighted by molar-refractivity contribution is -0.384. The van der Waals surface area contributed by atoms with E-state index in [9.17, 15) is 19.7 Å². The summed E-state index contributed by atoms with van der Waals surface area (Å²) in [5.74, 6) is 0.247. The lowest BCUT2D eigenvalue weighted by atomic mass is 10.0. The largest absolute Gasteiger partial charge is 0.355 e. The van der Waals surface area contributed by atoms with Crippen molar-refractivity contribution in [1.29, 1.82) is 0 Å². The number of nitrogens with one attached hydrogen (secondary N) is 1. The van der Waals surface area contributed by atoms with Crippen LogP contribution in [0.2, 0.25) is 5.02 Å². The van der Waals surface area contributed by atoms with Crippen molar-refractivity contribution in [3.05, 3.63) is 111 Å². The number of nitrogens with zero attached hydrogens (tertiary/aromatic N) is 2. The van der Waals surface area contributed by atoms with Crippen LogP contribution in [0.25, 0.3) is 0 Å². The topological polar surface area (TPSA) is 92.6 Å². The predicted molar refractivity (Wildman–Crippen MR) is 144 cm³/mol. The Hall–Kier alpha value is -3.36. The molecule has 7 nitrogen and oxygen atoms in total. The summed E-state index contributed by atoms with van der Waals surface area (Å²) in [7, 11) is 0. The van der Waals surface area contributed by atoms with Crippen molar-refractivity contribution in [2.75, 3.05) is 12.3 Å². The number of hydrogen-bond acceptors (Lipinski definition) is 5. The van der Waals surface area contributed by atoms with Crippen LogP contribution in [0.15, 0.2) is 78.9 Å². The summed E-state index contributed by atoms with van der Waals surface area (Å²) < 4.78 is 0. The van der Waals surface area contributed by atoms with Gasteiger partial charge in [0.05, 0.1) is 10.7 Å². The summed E-state index contributed by atoms with van der Waals surface area (Å²) in [6, 6.07) is 22.4. The van der Waals surface area contributed by atoms with Gasteiger partial charge in [-0.3, -0.25) is 19.7 Å². The lowest BCUT2D eigenvalue weighted by Crippen LogP contribution is -2.51. The monoisotopic (exact) mass is 525 g/mol. The highest BCUT2D eigenvalue weighted by Crippen LogP contribution is 2.22. The third-order valence-corrected chi connectivity index (χ3v) is 6.92. The lowest BCUT2D eigenvalue weighted by Gasteiger charge is -2.31.